The maximum Gasteiger partial charge on any atom is 0.00797 e. The molecule has 0 aromatic rings. The van der Waals surface area contributed by atoms with E-state index in [0.29, 0.717) is 0 Å². The van der Waals surface area contributed by atoms with E-state index in [0.717, 1.165) is 6.04 Å². The number of nitrogens with zero attached hydrogens (tertiary/aromatic N) is 1. The fourth-order valence-electron chi connectivity index (χ4n) is 1.74. The quantitative estimate of drug-likeness (QED) is 0.701. The number of nitrogens with one attached hydrogen (secondary N) is 1. The molecule has 0 spiro atoms. The summed E-state index contributed by atoms with van der Waals surface area (Å²) in [6.07, 6.45) is 6.26. The normalized spacial score (nSPS) is 22.8. The first kappa shape index (κ1) is 11.3. The summed E-state index contributed by atoms with van der Waals surface area (Å²) >= 11 is 1.93. The highest BCUT2D eigenvalue weighted by Gasteiger charge is 2.13. The molecule has 0 bridgehead atoms. The van der Waals surface area contributed by atoms with E-state index >= 15 is 0 Å². The minimum atomic E-state index is 0.803. The molecule has 0 aliphatic carbocycles. The smallest absolute Gasteiger partial charge is 0.00797 e. The molecule has 1 saturated heterocycles. The monoisotopic (exact) mass is 202 g/mol. The second-order valence-electron chi connectivity index (χ2n) is 3.88. The van der Waals surface area contributed by atoms with Crippen LogP contribution in [0, 0.1) is 0 Å². The van der Waals surface area contributed by atoms with Crippen LogP contribution in [0.15, 0.2) is 0 Å². The first-order chi connectivity index (χ1) is 6.33. The van der Waals surface area contributed by atoms with Crippen LogP contribution < -0.4 is 5.32 Å². The Hall–Kier alpha value is 0.270. The Morgan fingerprint density at radius 2 is 2.31 bits per heavy atom. The van der Waals surface area contributed by atoms with Gasteiger partial charge >= 0.3 is 0 Å². The fraction of sp³-hybridized carbons (Fsp3) is 1.00. The predicted molar refractivity (Wildman–Crippen MR) is 61.5 cm³/mol. The van der Waals surface area contributed by atoms with Crippen LogP contribution in [0.4, 0.5) is 0 Å². The third-order valence-electron chi connectivity index (χ3n) is 2.70. The summed E-state index contributed by atoms with van der Waals surface area (Å²) in [5.41, 5.74) is 0. The van der Waals surface area contributed by atoms with Crippen LogP contribution in [0.25, 0.3) is 0 Å². The van der Waals surface area contributed by atoms with Crippen molar-refractivity contribution in [1.29, 1.82) is 0 Å². The average Bonchev–Trinajstić information content (AvgIpc) is 2.64. The van der Waals surface area contributed by atoms with Crippen LogP contribution in [0.1, 0.15) is 19.3 Å². The summed E-state index contributed by atoms with van der Waals surface area (Å²) in [7, 11) is 2.23. The van der Waals surface area contributed by atoms with Crippen molar-refractivity contribution < 1.29 is 0 Å². The molecule has 3 heteroatoms. The summed E-state index contributed by atoms with van der Waals surface area (Å²) in [6, 6.07) is 0.803. The van der Waals surface area contributed by atoms with E-state index in [4.69, 9.17) is 0 Å². The molecule has 1 atom stereocenters. The number of thioether (sulfide) groups is 1. The first-order valence-corrected chi connectivity index (χ1v) is 6.63. The molecule has 0 amide bonds. The SMILES string of the molecule is CSCCN(C)CCC1CCCN1. The zero-order valence-corrected chi connectivity index (χ0v) is 9.70. The third kappa shape index (κ3) is 4.89. The highest BCUT2D eigenvalue weighted by atomic mass is 32.2. The molecule has 1 unspecified atom stereocenters. The molecule has 1 aliphatic heterocycles. The Bertz CT molecular complexity index is 124. The van der Waals surface area contributed by atoms with E-state index < -0.39 is 0 Å². The highest BCUT2D eigenvalue weighted by molar-refractivity contribution is 7.98. The molecule has 1 N–H and O–H groups in total. The van der Waals surface area contributed by atoms with Crippen molar-refractivity contribution in [3.05, 3.63) is 0 Å². The lowest BCUT2D eigenvalue weighted by Crippen LogP contribution is -2.29. The van der Waals surface area contributed by atoms with Gasteiger partial charge in [0.15, 0.2) is 0 Å². The van der Waals surface area contributed by atoms with E-state index in [2.05, 4.69) is 23.5 Å². The molecule has 2 nitrogen and oxygen atoms in total. The summed E-state index contributed by atoms with van der Waals surface area (Å²) in [4.78, 5) is 2.44. The molecule has 0 aromatic carbocycles. The minimum Gasteiger partial charge on any atom is -0.314 e. The van der Waals surface area contributed by atoms with Crippen molar-refractivity contribution in [3.8, 4) is 0 Å². The van der Waals surface area contributed by atoms with Gasteiger partial charge in [0.05, 0.1) is 0 Å². The minimum absolute atomic E-state index is 0.803. The molecule has 0 radical (unpaired) electrons. The van der Waals surface area contributed by atoms with Gasteiger partial charge in [0.2, 0.25) is 0 Å². The topological polar surface area (TPSA) is 15.3 Å². The third-order valence-corrected chi connectivity index (χ3v) is 3.29. The molecule has 1 rings (SSSR count). The van der Waals surface area contributed by atoms with Crippen LogP contribution in [-0.2, 0) is 0 Å². The van der Waals surface area contributed by atoms with Gasteiger partial charge in [-0.1, -0.05) is 0 Å². The maximum absolute atomic E-state index is 3.54. The first-order valence-electron chi connectivity index (χ1n) is 5.24. The maximum atomic E-state index is 3.54. The van der Waals surface area contributed by atoms with Crippen LogP contribution in [0.2, 0.25) is 0 Å². The Balaban J connectivity index is 1.97. The molecular weight excluding hydrogens is 180 g/mol. The van der Waals surface area contributed by atoms with Gasteiger partial charge in [-0.3, -0.25) is 0 Å². The largest absolute Gasteiger partial charge is 0.314 e. The van der Waals surface area contributed by atoms with Gasteiger partial charge in [0.1, 0.15) is 0 Å². The number of hydrogen-bond acceptors (Lipinski definition) is 3. The Morgan fingerprint density at radius 3 is 2.92 bits per heavy atom. The van der Waals surface area contributed by atoms with E-state index in [1.807, 2.05) is 11.8 Å². The molecule has 1 fully saturated rings. The van der Waals surface area contributed by atoms with Crippen LogP contribution in [0.5, 0.6) is 0 Å². The molecule has 78 valence electrons. The second kappa shape index (κ2) is 6.68. The second-order valence-corrected chi connectivity index (χ2v) is 4.86. The van der Waals surface area contributed by atoms with Crippen LogP contribution in [-0.4, -0.2) is 49.6 Å². The van der Waals surface area contributed by atoms with Crippen molar-refractivity contribution in [2.75, 3.05) is 38.7 Å². The molecule has 1 aliphatic rings. The lowest BCUT2D eigenvalue weighted by Gasteiger charge is -2.18. The lowest BCUT2D eigenvalue weighted by atomic mass is 10.1. The molecular formula is C10H22N2S. The van der Waals surface area contributed by atoms with Crippen LogP contribution >= 0.6 is 11.8 Å². The van der Waals surface area contributed by atoms with Crippen molar-refractivity contribution in [3.63, 3.8) is 0 Å². The van der Waals surface area contributed by atoms with Crippen LogP contribution in [0.3, 0.4) is 0 Å². The van der Waals surface area contributed by atoms with Gasteiger partial charge in [-0.05, 0) is 45.7 Å². The molecule has 0 saturated carbocycles. The standard InChI is InChI=1S/C10H22N2S/c1-12(8-9-13-2)7-5-10-4-3-6-11-10/h10-11H,3-9H2,1-2H3. The highest BCUT2D eigenvalue weighted by Crippen LogP contribution is 2.08. The van der Waals surface area contributed by atoms with E-state index in [9.17, 15) is 0 Å². The van der Waals surface area contributed by atoms with Gasteiger partial charge < -0.3 is 10.2 Å². The molecule has 0 aromatic heterocycles. The number of rotatable bonds is 6. The Labute approximate surface area is 86.5 Å². The van der Waals surface area contributed by atoms with Gasteiger partial charge in [0.25, 0.3) is 0 Å². The summed E-state index contributed by atoms with van der Waals surface area (Å²) in [5, 5.41) is 3.54. The van der Waals surface area contributed by atoms with Gasteiger partial charge in [0, 0.05) is 18.3 Å². The Morgan fingerprint density at radius 1 is 1.46 bits per heavy atom. The predicted octanol–water partition coefficient (Wildman–Crippen LogP) is 1.42. The fourth-order valence-corrected chi connectivity index (χ4v) is 2.23. The molecule has 1 heterocycles. The zero-order chi connectivity index (χ0) is 9.52. The summed E-state index contributed by atoms with van der Waals surface area (Å²) in [6.45, 7) is 3.71. The van der Waals surface area contributed by atoms with E-state index in [1.165, 1.54) is 44.6 Å². The number of hydrogen-bond donors (Lipinski definition) is 1. The van der Waals surface area contributed by atoms with Crippen molar-refractivity contribution in [2.45, 2.75) is 25.3 Å². The zero-order valence-electron chi connectivity index (χ0n) is 8.88. The van der Waals surface area contributed by atoms with E-state index in [-0.39, 0.29) is 0 Å². The summed E-state index contributed by atoms with van der Waals surface area (Å²) in [5.74, 6) is 1.26. The molecule has 13 heavy (non-hydrogen) atoms. The van der Waals surface area contributed by atoms with Gasteiger partial charge in [-0.25, -0.2) is 0 Å². The Kier molecular flexibility index (Phi) is 5.83. The van der Waals surface area contributed by atoms with Gasteiger partial charge in [-0.2, -0.15) is 11.8 Å². The van der Waals surface area contributed by atoms with E-state index in [1.54, 1.807) is 0 Å². The lowest BCUT2D eigenvalue weighted by molar-refractivity contribution is 0.330. The van der Waals surface area contributed by atoms with Crippen molar-refractivity contribution >= 4 is 11.8 Å². The summed E-state index contributed by atoms with van der Waals surface area (Å²) < 4.78 is 0. The van der Waals surface area contributed by atoms with Gasteiger partial charge in [-0.15, -0.1) is 0 Å². The van der Waals surface area contributed by atoms with Crippen molar-refractivity contribution in [2.24, 2.45) is 0 Å². The van der Waals surface area contributed by atoms with Crippen molar-refractivity contribution in [1.82, 2.24) is 10.2 Å². The average molecular weight is 202 g/mol.